The topological polar surface area (TPSA) is 57.5 Å². The van der Waals surface area contributed by atoms with E-state index in [1.54, 1.807) is 0 Å². The number of hydrogen-bond acceptors (Lipinski definition) is 2. The first kappa shape index (κ1) is 15.4. The van der Waals surface area contributed by atoms with Gasteiger partial charge in [0.2, 0.25) is 0 Å². The van der Waals surface area contributed by atoms with Crippen LogP contribution >= 0.6 is 0 Å². The van der Waals surface area contributed by atoms with Crippen LogP contribution < -0.4 is 0 Å². The van der Waals surface area contributed by atoms with E-state index in [2.05, 4.69) is 0 Å². The van der Waals surface area contributed by atoms with Gasteiger partial charge < -0.3 is 10.2 Å². The molecule has 1 aliphatic carbocycles. The average molecular weight is 262 g/mol. The third-order valence-corrected chi connectivity index (χ3v) is 3.32. The average Bonchev–Trinajstić information content (AvgIpc) is 2.48. The Morgan fingerprint density at radius 3 is 2.21 bits per heavy atom. The van der Waals surface area contributed by atoms with Gasteiger partial charge in [0.05, 0.1) is 5.92 Å². The number of carboxylic acids is 1. The van der Waals surface area contributed by atoms with Crippen LogP contribution in [0.3, 0.4) is 0 Å². The Bertz CT molecular complexity index is 401. The van der Waals surface area contributed by atoms with Gasteiger partial charge in [0.25, 0.3) is 0 Å². The van der Waals surface area contributed by atoms with Crippen molar-refractivity contribution in [3.8, 4) is 0 Å². The van der Waals surface area contributed by atoms with Crippen molar-refractivity contribution in [2.45, 2.75) is 38.0 Å². The number of carboxylic acid groups (broad SMARTS) is 1. The van der Waals surface area contributed by atoms with Gasteiger partial charge in [-0.15, -0.1) is 0 Å². The molecule has 104 valence electrons. The summed E-state index contributed by atoms with van der Waals surface area (Å²) in [5.74, 6) is -1.24. The van der Waals surface area contributed by atoms with E-state index in [-0.39, 0.29) is 0 Å². The van der Waals surface area contributed by atoms with Crippen LogP contribution in [0.15, 0.2) is 42.0 Å². The highest BCUT2D eigenvalue weighted by Crippen LogP contribution is 2.27. The number of allylic oxidation sites excluding steroid dienone is 1. The van der Waals surface area contributed by atoms with Crippen LogP contribution in [0, 0.1) is 0 Å². The van der Waals surface area contributed by atoms with Gasteiger partial charge >= 0.3 is 5.97 Å². The maximum absolute atomic E-state index is 11.3. The summed E-state index contributed by atoms with van der Waals surface area (Å²) in [5.41, 5.74) is 2.19. The zero-order valence-electron chi connectivity index (χ0n) is 11.4. The van der Waals surface area contributed by atoms with Gasteiger partial charge in [-0.1, -0.05) is 48.4 Å². The highest BCUT2D eigenvalue weighted by molar-refractivity contribution is 5.78. The lowest BCUT2D eigenvalue weighted by atomic mass is 9.89. The second-order valence-electron chi connectivity index (χ2n) is 4.61. The first-order chi connectivity index (χ1) is 9.27. The third-order valence-electron chi connectivity index (χ3n) is 3.32. The lowest BCUT2D eigenvalue weighted by molar-refractivity contribution is -0.137. The first-order valence-corrected chi connectivity index (χ1v) is 6.69. The molecule has 0 aliphatic heterocycles. The van der Waals surface area contributed by atoms with Crippen LogP contribution in [0.1, 0.15) is 43.6 Å². The Kier molecular flexibility index (Phi) is 6.90. The largest absolute Gasteiger partial charge is 0.481 e. The fourth-order valence-electron chi connectivity index (χ4n) is 2.38. The molecule has 0 saturated heterocycles. The number of hydrogen-bond donors (Lipinski definition) is 2. The quantitative estimate of drug-likeness (QED) is 0.821. The number of aliphatic carboxylic acids is 1. The lowest BCUT2D eigenvalue weighted by Crippen LogP contribution is -2.10. The van der Waals surface area contributed by atoms with Crippen molar-refractivity contribution in [1.29, 1.82) is 0 Å². The second-order valence-corrected chi connectivity index (χ2v) is 4.61. The number of aliphatic hydroxyl groups excluding tert-OH is 1. The summed E-state index contributed by atoms with van der Waals surface area (Å²) in [4.78, 5) is 11.3. The molecule has 0 heterocycles. The Morgan fingerprint density at radius 2 is 1.68 bits per heavy atom. The molecule has 0 amide bonds. The fourth-order valence-corrected chi connectivity index (χ4v) is 2.38. The van der Waals surface area contributed by atoms with Gasteiger partial charge in [-0.2, -0.15) is 0 Å². The van der Waals surface area contributed by atoms with Crippen LogP contribution in [-0.4, -0.2) is 23.3 Å². The molecule has 1 aromatic rings. The normalized spacial score (nSPS) is 16.0. The molecule has 0 aromatic heterocycles. The summed E-state index contributed by atoms with van der Waals surface area (Å²) in [7, 11) is 1.00. The van der Waals surface area contributed by atoms with E-state index in [1.165, 1.54) is 24.8 Å². The molecule has 2 rings (SSSR count). The maximum Gasteiger partial charge on any atom is 0.314 e. The van der Waals surface area contributed by atoms with Gasteiger partial charge in [0.15, 0.2) is 0 Å². The number of carbonyl (C=O) groups is 1. The van der Waals surface area contributed by atoms with E-state index < -0.39 is 11.9 Å². The molecule has 2 N–H and O–H groups in total. The summed E-state index contributed by atoms with van der Waals surface area (Å²) in [6, 6.07) is 9.48. The monoisotopic (exact) mass is 262 g/mol. The Labute approximate surface area is 114 Å². The van der Waals surface area contributed by atoms with Crippen molar-refractivity contribution >= 4 is 5.97 Å². The zero-order valence-corrected chi connectivity index (χ0v) is 11.4. The zero-order chi connectivity index (χ0) is 14.1. The van der Waals surface area contributed by atoms with Gasteiger partial charge in [0.1, 0.15) is 0 Å². The predicted octanol–water partition coefficient (Wildman–Crippen LogP) is 3.35. The number of benzene rings is 1. The molecule has 0 spiro atoms. The van der Waals surface area contributed by atoms with Crippen molar-refractivity contribution < 1.29 is 15.0 Å². The van der Waals surface area contributed by atoms with Crippen molar-refractivity contribution in [2.24, 2.45) is 0 Å². The minimum absolute atomic E-state index is 0.482. The van der Waals surface area contributed by atoms with Gasteiger partial charge in [-0.05, 0) is 31.2 Å². The van der Waals surface area contributed by atoms with E-state index >= 15 is 0 Å². The molecule has 3 heteroatoms. The van der Waals surface area contributed by atoms with Crippen molar-refractivity contribution in [1.82, 2.24) is 0 Å². The molecule has 0 radical (unpaired) electrons. The van der Waals surface area contributed by atoms with Crippen molar-refractivity contribution in [2.75, 3.05) is 7.11 Å². The molecule has 19 heavy (non-hydrogen) atoms. The smallest absolute Gasteiger partial charge is 0.314 e. The van der Waals surface area contributed by atoms with E-state index in [9.17, 15) is 9.90 Å². The predicted molar refractivity (Wildman–Crippen MR) is 76.1 cm³/mol. The standard InChI is InChI=1S/C15H18O2.CH4O/c16-15(17)14(13-9-5-2-6-10-13)11-12-7-3-1-4-8-12;1-2/h2,5-6,9-11,14H,1,3-4,7-8H2,(H,16,17);2H,1H3. The fraction of sp³-hybridized carbons (Fsp3) is 0.438. The second kappa shape index (κ2) is 8.48. The Balaban J connectivity index is 0.000000861. The van der Waals surface area contributed by atoms with E-state index in [0.29, 0.717) is 0 Å². The minimum atomic E-state index is -0.755. The number of rotatable bonds is 3. The van der Waals surface area contributed by atoms with Gasteiger partial charge in [-0.25, -0.2) is 0 Å². The SMILES string of the molecule is CO.O=C(O)C(C=C1CCCCC1)c1ccccc1. The van der Waals surface area contributed by atoms with Crippen LogP contribution in [0.4, 0.5) is 0 Å². The molecule has 1 aliphatic rings. The molecule has 0 bridgehead atoms. The maximum atomic E-state index is 11.3. The molecular weight excluding hydrogens is 240 g/mol. The summed E-state index contributed by atoms with van der Waals surface area (Å²) in [5, 5.41) is 16.3. The molecule has 1 aromatic carbocycles. The highest BCUT2D eigenvalue weighted by Gasteiger charge is 2.18. The highest BCUT2D eigenvalue weighted by atomic mass is 16.4. The van der Waals surface area contributed by atoms with E-state index in [4.69, 9.17) is 5.11 Å². The molecule has 1 unspecified atom stereocenters. The van der Waals surface area contributed by atoms with E-state index in [0.717, 1.165) is 25.5 Å². The Hall–Kier alpha value is -1.61. The van der Waals surface area contributed by atoms with Gasteiger partial charge in [0, 0.05) is 7.11 Å². The van der Waals surface area contributed by atoms with Gasteiger partial charge in [-0.3, -0.25) is 4.79 Å². The molecular formula is C16H22O3. The first-order valence-electron chi connectivity index (χ1n) is 6.69. The molecule has 1 atom stereocenters. The third kappa shape index (κ3) is 4.87. The summed E-state index contributed by atoms with van der Waals surface area (Å²) in [6.45, 7) is 0. The van der Waals surface area contributed by atoms with Crippen LogP contribution in [-0.2, 0) is 4.79 Å². The molecule has 3 nitrogen and oxygen atoms in total. The van der Waals surface area contributed by atoms with E-state index in [1.807, 2.05) is 36.4 Å². The van der Waals surface area contributed by atoms with Crippen LogP contribution in [0.5, 0.6) is 0 Å². The summed E-state index contributed by atoms with van der Waals surface area (Å²) in [6.07, 6.45) is 7.77. The minimum Gasteiger partial charge on any atom is -0.481 e. The molecule has 1 fully saturated rings. The summed E-state index contributed by atoms with van der Waals surface area (Å²) < 4.78 is 0. The van der Waals surface area contributed by atoms with Crippen molar-refractivity contribution in [3.05, 3.63) is 47.5 Å². The molecule has 1 saturated carbocycles. The van der Waals surface area contributed by atoms with Crippen LogP contribution in [0.25, 0.3) is 0 Å². The number of aliphatic hydroxyl groups is 1. The van der Waals surface area contributed by atoms with Crippen LogP contribution in [0.2, 0.25) is 0 Å². The van der Waals surface area contributed by atoms with Crippen molar-refractivity contribution in [3.63, 3.8) is 0 Å². The Morgan fingerprint density at radius 1 is 1.11 bits per heavy atom. The lowest BCUT2D eigenvalue weighted by Gasteiger charge is -2.16. The summed E-state index contributed by atoms with van der Waals surface area (Å²) >= 11 is 0.